The average molecular weight is 242 g/mol. The Hall–Kier alpha value is 0.270. The van der Waals surface area contributed by atoms with Crippen LogP contribution in [0.1, 0.15) is 39.5 Å². The normalized spacial score (nSPS) is 36.2. The van der Waals surface area contributed by atoms with E-state index in [0.717, 1.165) is 17.8 Å². The molecule has 2 atom stereocenters. The number of piperazine rings is 1. The smallest absolute Gasteiger partial charge is 0.0252 e. The van der Waals surface area contributed by atoms with Crippen molar-refractivity contribution in [3.05, 3.63) is 0 Å². The molecule has 2 nitrogen and oxygen atoms in total. The molecule has 1 saturated heterocycles. The van der Waals surface area contributed by atoms with Gasteiger partial charge in [-0.05, 0) is 32.9 Å². The van der Waals surface area contributed by atoms with Gasteiger partial charge in [0.15, 0.2) is 0 Å². The van der Waals surface area contributed by atoms with Gasteiger partial charge < -0.3 is 5.32 Å². The summed E-state index contributed by atoms with van der Waals surface area (Å²) in [7, 11) is 0. The molecule has 94 valence electrons. The molecule has 1 aliphatic heterocycles. The van der Waals surface area contributed by atoms with Gasteiger partial charge in [0.25, 0.3) is 0 Å². The lowest BCUT2D eigenvalue weighted by atomic mass is 9.91. The van der Waals surface area contributed by atoms with E-state index in [1.165, 1.54) is 38.8 Å². The lowest BCUT2D eigenvalue weighted by Crippen LogP contribution is -2.61. The lowest BCUT2D eigenvalue weighted by Gasteiger charge is -2.46. The summed E-state index contributed by atoms with van der Waals surface area (Å²) >= 11 is 2.09. The first kappa shape index (κ1) is 12.7. The number of thioether (sulfide) groups is 1. The van der Waals surface area contributed by atoms with E-state index in [2.05, 4.69) is 42.1 Å². The van der Waals surface area contributed by atoms with Crippen molar-refractivity contribution >= 4 is 11.8 Å². The second-order valence-corrected chi connectivity index (χ2v) is 6.98. The highest BCUT2D eigenvalue weighted by Gasteiger charge is 2.34. The maximum Gasteiger partial charge on any atom is 0.0252 e. The third kappa shape index (κ3) is 2.93. The van der Waals surface area contributed by atoms with Gasteiger partial charge in [0.05, 0.1) is 0 Å². The fourth-order valence-corrected chi connectivity index (χ4v) is 4.26. The van der Waals surface area contributed by atoms with Crippen LogP contribution >= 0.6 is 11.8 Å². The third-order valence-corrected chi connectivity index (χ3v) is 5.20. The minimum Gasteiger partial charge on any atom is -0.309 e. The molecule has 1 aliphatic carbocycles. The highest BCUT2D eigenvalue weighted by atomic mass is 32.2. The third-order valence-electron chi connectivity index (χ3n) is 4.04. The summed E-state index contributed by atoms with van der Waals surface area (Å²) in [6, 6.07) is 0.838. The van der Waals surface area contributed by atoms with Crippen molar-refractivity contribution in [1.29, 1.82) is 0 Å². The number of nitrogens with one attached hydrogen (secondary N) is 1. The highest BCUT2D eigenvalue weighted by molar-refractivity contribution is 7.99. The van der Waals surface area contributed by atoms with Crippen LogP contribution in [0.15, 0.2) is 0 Å². The van der Waals surface area contributed by atoms with E-state index < -0.39 is 0 Å². The quantitative estimate of drug-likeness (QED) is 0.800. The van der Waals surface area contributed by atoms with Gasteiger partial charge in [0.2, 0.25) is 0 Å². The Morgan fingerprint density at radius 2 is 2.00 bits per heavy atom. The van der Waals surface area contributed by atoms with Crippen LogP contribution in [0.4, 0.5) is 0 Å². The van der Waals surface area contributed by atoms with Crippen molar-refractivity contribution in [1.82, 2.24) is 10.2 Å². The average Bonchev–Trinajstić information content (AvgIpc) is 2.27. The summed E-state index contributed by atoms with van der Waals surface area (Å²) in [5, 5.41) is 4.49. The topological polar surface area (TPSA) is 15.3 Å². The molecule has 0 radical (unpaired) electrons. The van der Waals surface area contributed by atoms with Crippen molar-refractivity contribution in [3.8, 4) is 0 Å². The summed E-state index contributed by atoms with van der Waals surface area (Å²) in [6.45, 7) is 8.27. The molecule has 0 amide bonds. The summed E-state index contributed by atoms with van der Waals surface area (Å²) < 4.78 is 0. The molecule has 2 fully saturated rings. The fourth-order valence-electron chi connectivity index (χ4n) is 3.23. The zero-order valence-electron chi connectivity index (χ0n) is 11.0. The Morgan fingerprint density at radius 1 is 1.25 bits per heavy atom. The zero-order valence-corrected chi connectivity index (χ0v) is 11.8. The van der Waals surface area contributed by atoms with E-state index in [-0.39, 0.29) is 0 Å². The number of rotatable bonds is 2. The molecule has 1 saturated carbocycles. The molecule has 0 aromatic rings. The molecule has 2 unspecified atom stereocenters. The monoisotopic (exact) mass is 242 g/mol. The largest absolute Gasteiger partial charge is 0.309 e. The van der Waals surface area contributed by atoms with Crippen LogP contribution < -0.4 is 5.32 Å². The maximum absolute atomic E-state index is 3.61. The summed E-state index contributed by atoms with van der Waals surface area (Å²) in [5.41, 5.74) is 0.304. The Labute approximate surface area is 105 Å². The van der Waals surface area contributed by atoms with E-state index in [9.17, 15) is 0 Å². The van der Waals surface area contributed by atoms with E-state index in [1.807, 2.05) is 0 Å². The standard InChI is InChI=1S/C13H26N2S/c1-13(2)10-15(9-8-14-13)11-6-4-5-7-12(11)16-3/h11-12,14H,4-10H2,1-3H3. The molecule has 16 heavy (non-hydrogen) atoms. The van der Waals surface area contributed by atoms with Crippen LogP contribution in [0.2, 0.25) is 0 Å². The molecule has 1 N–H and O–H groups in total. The van der Waals surface area contributed by atoms with Gasteiger partial charge in [0.1, 0.15) is 0 Å². The van der Waals surface area contributed by atoms with Crippen molar-refractivity contribution in [2.75, 3.05) is 25.9 Å². The predicted molar refractivity (Wildman–Crippen MR) is 73.2 cm³/mol. The molecule has 2 rings (SSSR count). The van der Waals surface area contributed by atoms with Crippen LogP contribution in [-0.2, 0) is 0 Å². The SMILES string of the molecule is CSC1CCCCC1N1CCNC(C)(C)C1. The molecule has 0 aromatic heterocycles. The van der Waals surface area contributed by atoms with Crippen LogP contribution in [0, 0.1) is 0 Å². The van der Waals surface area contributed by atoms with Gasteiger partial charge in [0, 0.05) is 36.5 Å². The Bertz CT molecular complexity index is 230. The predicted octanol–water partition coefficient (Wildman–Crippen LogP) is 2.34. The Kier molecular flexibility index (Phi) is 4.20. The maximum atomic E-state index is 3.61. The number of hydrogen-bond acceptors (Lipinski definition) is 3. The molecular formula is C13H26N2S. The molecule has 0 bridgehead atoms. The molecule has 3 heteroatoms. The van der Waals surface area contributed by atoms with Crippen molar-refractivity contribution < 1.29 is 0 Å². The first-order valence-corrected chi connectivity index (χ1v) is 7.93. The lowest BCUT2D eigenvalue weighted by molar-refractivity contribution is 0.0914. The first-order chi connectivity index (χ1) is 7.62. The van der Waals surface area contributed by atoms with Gasteiger partial charge in [-0.3, -0.25) is 4.90 Å². The molecule has 0 aromatic carbocycles. The van der Waals surface area contributed by atoms with Gasteiger partial charge in [-0.1, -0.05) is 12.8 Å². The highest BCUT2D eigenvalue weighted by Crippen LogP contribution is 2.32. The van der Waals surface area contributed by atoms with Gasteiger partial charge in [-0.15, -0.1) is 0 Å². The van der Waals surface area contributed by atoms with Gasteiger partial charge >= 0.3 is 0 Å². The number of nitrogens with zero attached hydrogens (tertiary/aromatic N) is 1. The van der Waals surface area contributed by atoms with E-state index in [0.29, 0.717) is 5.54 Å². The minimum absolute atomic E-state index is 0.304. The first-order valence-electron chi connectivity index (χ1n) is 6.64. The minimum atomic E-state index is 0.304. The molecular weight excluding hydrogens is 216 g/mol. The molecule has 1 heterocycles. The Morgan fingerprint density at radius 3 is 2.69 bits per heavy atom. The van der Waals surface area contributed by atoms with Crippen molar-refractivity contribution in [2.24, 2.45) is 0 Å². The van der Waals surface area contributed by atoms with Gasteiger partial charge in [-0.25, -0.2) is 0 Å². The van der Waals surface area contributed by atoms with Crippen LogP contribution in [0.25, 0.3) is 0 Å². The van der Waals surface area contributed by atoms with E-state index in [4.69, 9.17) is 0 Å². The van der Waals surface area contributed by atoms with Crippen LogP contribution in [-0.4, -0.2) is 47.6 Å². The number of hydrogen-bond donors (Lipinski definition) is 1. The molecule has 2 aliphatic rings. The van der Waals surface area contributed by atoms with E-state index >= 15 is 0 Å². The summed E-state index contributed by atoms with van der Waals surface area (Å²) in [6.07, 6.45) is 8.01. The van der Waals surface area contributed by atoms with Crippen molar-refractivity contribution in [2.45, 2.75) is 56.4 Å². The molecule has 0 spiro atoms. The second kappa shape index (κ2) is 5.28. The summed E-state index contributed by atoms with van der Waals surface area (Å²) in [5.74, 6) is 0. The van der Waals surface area contributed by atoms with Gasteiger partial charge in [-0.2, -0.15) is 11.8 Å². The Balaban J connectivity index is 1.99. The van der Waals surface area contributed by atoms with Crippen LogP contribution in [0.5, 0.6) is 0 Å². The van der Waals surface area contributed by atoms with E-state index in [1.54, 1.807) is 0 Å². The van der Waals surface area contributed by atoms with Crippen molar-refractivity contribution in [3.63, 3.8) is 0 Å². The zero-order chi connectivity index (χ0) is 11.6. The van der Waals surface area contributed by atoms with Crippen LogP contribution in [0.3, 0.4) is 0 Å². The summed E-state index contributed by atoms with van der Waals surface area (Å²) in [4.78, 5) is 2.75. The second-order valence-electron chi connectivity index (χ2n) is 5.91. The fraction of sp³-hybridized carbons (Fsp3) is 1.00.